The van der Waals surface area contributed by atoms with Crippen LogP contribution in [0.25, 0.3) is 6.08 Å². The summed E-state index contributed by atoms with van der Waals surface area (Å²) in [5.74, 6) is 0.841. The topological polar surface area (TPSA) is 41.9 Å². The summed E-state index contributed by atoms with van der Waals surface area (Å²) in [6.07, 6.45) is 5.97. The van der Waals surface area contributed by atoms with Crippen molar-refractivity contribution in [1.82, 2.24) is 4.90 Å². The van der Waals surface area contributed by atoms with E-state index in [9.17, 15) is 5.11 Å². The van der Waals surface area contributed by atoms with Crippen LogP contribution in [0.15, 0.2) is 24.3 Å². The Hall–Kier alpha value is -1.36. The molecule has 1 aliphatic rings. The summed E-state index contributed by atoms with van der Waals surface area (Å²) in [5, 5.41) is 10.2. The Balaban J connectivity index is 1.95. The highest BCUT2D eigenvalue weighted by atomic mass is 16.5. The van der Waals surface area contributed by atoms with Crippen LogP contribution >= 0.6 is 0 Å². The fraction of sp³-hybridized carbons (Fsp3) is 0.579. The summed E-state index contributed by atoms with van der Waals surface area (Å²) in [5.41, 5.74) is 2.12. The van der Waals surface area contributed by atoms with Gasteiger partial charge in [-0.05, 0) is 51.4 Å². The number of hydrogen-bond donors (Lipinski definition) is 1. The van der Waals surface area contributed by atoms with E-state index in [2.05, 4.69) is 11.0 Å². The van der Waals surface area contributed by atoms with Crippen molar-refractivity contribution in [3.8, 4) is 5.75 Å². The number of ether oxygens (including phenoxy) is 2. The first-order chi connectivity index (χ1) is 11.2. The predicted molar refractivity (Wildman–Crippen MR) is 93.7 cm³/mol. The van der Waals surface area contributed by atoms with Crippen molar-refractivity contribution in [2.24, 2.45) is 0 Å². The molecule has 1 N–H and O–H groups in total. The van der Waals surface area contributed by atoms with Crippen molar-refractivity contribution in [1.29, 1.82) is 0 Å². The van der Waals surface area contributed by atoms with Crippen LogP contribution in [0.3, 0.4) is 0 Å². The second-order valence-corrected chi connectivity index (χ2v) is 6.10. The van der Waals surface area contributed by atoms with E-state index in [-0.39, 0.29) is 6.10 Å². The summed E-state index contributed by atoms with van der Waals surface area (Å²) in [6, 6.07) is 5.98. The molecule has 1 aromatic rings. The predicted octanol–water partition coefficient (Wildman–Crippen LogP) is 3.26. The van der Waals surface area contributed by atoms with Crippen molar-refractivity contribution >= 4 is 6.08 Å². The third kappa shape index (κ3) is 5.06. The molecular formula is C19H29NO3. The van der Waals surface area contributed by atoms with E-state index >= 15 is 0 Å². The largest absolute Gasteiger partial charge is 0.496 e. The van der Waals surface area contributed by atoms with Gasteiger partial charge in [-0.1, -0.05) is 24.3 Å². The van der Waals surface area contributed by atoms with Crippen molar-refractivity contribution in [3.63, 3.8) is 0 Å². The lowest BCUT2D eigenvalue weighted by molar-refractivity contribution is -0.0134. The van der Waals surface area contributed by atoms with E-state index in [4.69, 9.17) is 9.47 Å². The van der Waals surface area contributed by atoms with Gasteiger partial charge in [-0.25, -0.2) is 0 Å². The minimum atomic E-state index is -0.439. The maximum atomic E-state index is 10.2. The molecule has 0 aromatic heterocycles. The van der Waals surface area contributed by atoms with Gasteiger partial charge in [0.1, 0.15) is 5.75 Å². The van der Waals surface area contributed by atoms with E-state index in [0.29, 0.717) is 13.2 Å². The Bertz CT molecular complexity index is 509. The number of likely N-dealkylation sites (tertiary alicyclic amines) is 1. The molecule has 2 rings (SSSR count). The smallest absolute Gasteiger partial charge is 0.126 e. The molecule has 4 nitrogen and oxygen atoms in total. The highest BCUT2D eigenvalue weighted by Crippen LogP contribution is 2.30. The summed E-state index contributed by atoms with van der Waals surface area (Å²) < 4.78 is 11.4. The molecule has 4 heteroatoms. The Morgan fingerprint density at radius 1 is 1.30 bits per heavy atom. The number of allylic oxidation sites excluding steroid dienone is 1. The number of methoxy groups -OCH3 is 1. The summed E-state index contributed by atoms with van der Waals surface area (Å²) in [4.78, 5) is 2.30. The zero-order chi connectivity index (χ0) is 16.7. The van der Waals surface area contributed by atoms with Crippen LogP contribution in [0.5, 0.6) is 5.75 Å². The van der Waals surface area contributed by atoms with Gasteiger partial charge in [0.25, 0.3) is 0 Å². The van der Waals surface area contributed by atoms with Gasteiger partial charge in [-0.2, -0.15) is 0 Å². The van der Waals surface area contributed by atoms with Crippen molar-refractivity contribution in [3.05, 3.63) is 35.4 Å². The lowest BCUT2D eigenvalue weighted by Gasteiger charge is -2.22. The molecule has 0 saturated carbocycles. The fourth-order valence-corrected chi connectivity index (χ4v) is 3.10. The third-order valence-corrected chi connectivity index (χ3v) is 4.30. The minimum Gasteiger partial charge on any atom is -0.496 e. The lowest BCUT2D eigenvalue weighted by Crippen LogP contribution is -2.33. The highest BCUT2D eigenvalue weighted by molar-refractivity contribution is 5.61. The van der Waals surface area contributed by atoms with Crippen LogP contribution < -0.4 is 4.74 Å². The SMILES string of the molecule is C/C=C/c1c(OC)cccc1C(C)OCC(O)CN1CCCC1. The summed E-state index contributed by atoms with van der Waals surface area (Å²) >= 11 is 0. The monoisotopic (exact) mass is 319 g/mol. The van der Waals surface area contributed by atoms with Crippen molar-refractivity contribution in [2.45, 2.75) is 38.9 Å². The van der Waals surface area contributed by atoms with Crippen LogP contribution in [0.2, 0.25) is 0 Å². The molecule has 128 valence electrons. The second kappa shape index (κ2) is 9.06. The average Bonchev–Trinajstić information content (AvgIpc) is 3.06. The van der Waals surface area contributed by atoms with Gasteiger partial charge in [-0.15, -0.1) is 0 Å². The molecule has 1 aliphatic heterocycles. The number of β-amino-alcohol motifs (C(OH)–C–C–N with tert-alkyl or cyclic N) is 1. The van der Waals surface area contributed by atoms with Crippen molar-refractivity contribution < 1.29 is 14.6 Å². The standard InChI is InChI=1S/C19H29NO3/c1-4-8-18-17(9-7-10-19(18)22-3)15(2)23-14-16(21)13-20-11-5-6-12-20/h4,7-10,15-16,21H,5-6,11-14H2,1-3H3/b8-4+. The number of hydrogen-bond acceptors (Lipinski definition) is 4. The molecule has 0 spiro atoms. The molecule has 1 aromatic carbocycles. The summed E-state index contributed by atoms with van der Waals surface area (Å²) in [7, 11) is 1.68. The number of nitrogens with zero attached hydrogens (tertiary/aromatic N) is 1. The van der Waals surface area contributed by atoms with Gasteiger partial charge in [-0.3, -0.25) is 0 Å². The summed E-state index contributed by atoms with van der Waals surface area (Å²) in [6.45, 7) is 7.24. The Kier molecular flexibility index (Phi) is 7.09. The number of aliphatic hydroxyl groups excluding tert-OH is 1. The molecule has 23 heavy (non-hydrogen) atoms. The van der Waals surface area contributed by atoms with Crippen LogP contribution in [-0.2, 0) is 4.74 Å². The zero-order valence-electron chi connectivity index (χ0n) is 14.5. The molecule has 0 aliphatic carbocycles. The van der Waals surface area contributed by atoms with Gasteiger partial charge in [0.15, 0.2) is 0 Å². The molecule has 2 atom stereocenters. The van der Waals surface area contributed by atoms with Crippen LogP contribution in [-0.4, -0.2) is 49.5 Å². The Morgan fingerprint density at radius 2 is 2.04 bits per heavy atom. The van der Waals surface area contributed by atoms with Gasteiger partial charge >= 0.3 is 0 Å². The first-order valence-electron chi connectivity index (χ1n) is 8.47. The van der Waals surface area contributed by atoms with Crippen LogP contribution in [0.4, 0.5) is 0 Å². The molecule has 0 bridgehead atoms. The molecule has 0 radical (unpaired) electrons. The maximum Gasteiger partial charge on any atom is 0.126 e. The quantitative estimate of drug-likeness (QED) is 0.798. The number of aliphatic hydroxyl groups is 1. The molecule has 2 unspecified atom stereocenters. The van der Waals surface area contributed by atoms with E-state index in [1.54, 1.807) is 7.11 Å². The fourth-order valence-electron chi connectivity index (χ4n) is 3.10. The third-order valence-electron chi connectivity index (χ3n) is 4.30. The molecular weight excluding hydrogens is 290 g/mol. The van der Waals surface area contributed by atoms with Gasteiger partial charge < -0.3 is 19.5 Å². The Morgan fingerprint density at radius 3 is 2.70 bits per heavy atom. The first-order valence-corrected chi connectivity index (χ1v) is 8.47. The van der Waals surface area contributed by atoms with Crippen molar-refractivity contribution in [2.75, 3.05) is 33.4 Å². The second-order valence-electron chi connectivity index (χ2n) is 6.10. The molecule has 1 saturated heterocycles. The Labute approximate surface area is 139 Å². The van der Waals surface area contributed by atoms with Crippen LogP contribution in [0.1, 0.15) is 43.9 Å². The molecule has 0 amide bonds. The molecule has 1 heterocycles. The van der Waals surface area contributed by atoms with Gasteiger partial charge in [0.05, 0.1) is 25.9 Å². The average molecular weight is 319 g/mol. The minimum absolute atomic E-state index is 0.0930. The normalized spacial score (nSPS) is 18.4. The van der Waals surface area contributed by atoms with E-state index in [1.165, 1.54) is 12.8 Å². The van der Waals surface area contributed by atoms with E-state index in [0.717, 1.165) is 30.0 Å². The zero-order valence-corrected chi connectivity index (χ0v) is 14.5. The maximum absolute atomic E-state index is 10.2. The van der Waals surface area contributed by atoms with E-state index in [1.807, 2.05) is 38.1 Å². The van der Waals surface area contributed by atoms with Gasteiger partial charge in [0, 0.05) is 12.1 Å². The lowest BCUT2D eigenvalue weighted by atomic mass is 10.0. The molecule has 1 fully saturated rings. The van der Waals surface area contributed by atoms with E-state index < -0.39 is 6.10 Å². The first kappa shape index (κ1) is 18.0. The van der Waals surface area contributed by atoms with Gasteiger partial charge in [0.2, 0.25) is 0 Å². The van der Waals surface area contributed by atoms with Crippen LogP contribution in [0, 0.1) is 0 Å². The number of rotatable bonds is 8. The number of benzene rings is 1. The highest BCUT2D eigenvalue weighted by Gasteiger charge is 2.18.